The molecular formula is C16H12O2. The fourth-order valence-electron chi connectivity index (χ4n) is 2.61. The number of hydrogen-bond donors (Lipinski definition) is 0. The number of carbonyl (C=O) groups excluding carboxylic acids is 2. The van der Waals surface area contributed by atoms with Gasteiger partial charge in [-0.25, -0.2) is 0 Å². The van der Waals surface area contributed by atoms with Gasteiger partial charge in [0.1, 0.15) is 0 Å². The Hall–Kier alpha value is -2.22. The first-order valence-electron chi connectivity index (χ1n) is 5.89. The molecule has 0 aromatic heterocycles. The average molecular weight is 236 g/mol. The van der Waals surface area contributed by atoms with Gasteiger partial charge >= 0.3 is 0 Å². The molecule has 0 fully saturated rings. The normalized spacial score (nSPS) is 13.2. The van der Waals surface area contributed by atoms with Crippen LogP contribution in [0, 0.1) is 13.8 Å². The molecule has 2 heteroatoms. The molecule has 0 amide bonds. The zero-order valence-corrected chi connectivity index (χ0v) is 10.3. The predicted octanol–water partition coefficient (Wildman–Crippen LogP) is 3.08. The van der Waals surface area contributed by atoms with Crippen LogP contribution in [0.15, 0.2) is 36.4 Å². The van der Waals surface area contributed by atoms with E-state index in [1.807, 2.05) is 19.9 Å². The van der Waals surface area contributed by atoms with Gasteiger partial charge in [-0.05, 0) is 25.5 Å². The smallest absolute Gasteiger partial charge is 0.194 e. The molecule has 2 nitrogen and oxygen atoms in total. The Morgan fingerprint density at radius 1 is 0.778 bits per heavy atom. The number of carbonyl (C=O) groups is 2. The van der Waals surface area contributed by atoms with Gasteiger partial charge in [0.15, 0.2) is 11.6 Å². The molecule has 0 unspecified atom stereocenters. The van der Waals surface area contributed by atoms with Crippen molar-refractivity contribution in [1.29, 1.82) is 0 Å². The van der Waals surface area contributed by atoms with E-state index < -0.39 is 0 Å². The van der Waals surface area contributed by atoms with Gasteiger partial charge < -0.3 is 0 Å². The minimum atomic E-state index is -0.0491. The molecule has 0 N–H and O–H groups in total. The van der Waals surface area contributed by atoms with E-state index in [9.17, 15) is 9.59 Å². The van der Waals surface area contributed by atoms with Gasteiger partial charge in [-0.3, -0.25) is 9.59 Å². The van der Waals surface area contributed by atoms with Crippen molar-refractivity contribution >= 4 is 11.6 Å². The summed E-state index contributed by atoms with van der Waals surface area (Å²) in [6.45, 7) is 3.82. The zero-order chi connectivity index (χ0) is 12.9. The minimum absolute atomic E-state index is 0.0438. The van der Waals surface area contributed by atoms with Crippen LogP contribution >= 0.6 is 0 Å². The van der Waals surface area contributed by atoms with Crippen LogP contribution in [0.2, 0.25) is 0 Å². The second-order valence-electron chi connectivity index (χ2n) is 4.71. The Labute approximate surface area is 105 Å². The summed E-state index contributed by atoms with van der Waals surface area (Å²) in [6.07, 6.45) is 0. The molecule has 2 aromatic carbocycles. The number of fused-ring (bicyclic) bond motifs is 2. The highest BCUT2D eigenvalue weighted by atomic mass is 16.1. The average Bonchev–Trinajstić information content (AvgIpc) is 2.35. The molecule has 1 aliphatic rings. The van der Waals surface area contributed by atoms with E-state index in [-0.39, 0.29) is 11.6 Å². The van der Waals surface area contributed by atoms with Gasteiger partial charge in [0.2, 0.25) is 0 Å². The Bertz CT molecular complexity index is 696. The van der Waals surface area contributed by atoms with E-state index in [4.69, 9.17) is 0 Å². The van der Waals surface area contributed by atoms with Crippen LogP contribution in [0.4, 0.5) is 0 Å². The first-order valence-corrected chi connectivity index (χ1v) is 5.89. The molecule has 0 atom stereocenters. The van der Waals surface area contributed by atoms with E-state index in [0.717, 1.165) is 11.1 Å². The largest absolute Gasteiger partial charge is 0.289 e. The van der Waals surface area contributed by atoms with E-state index in [0.29, 0.717) is 22.3 Å². The molecule has 0 spiro atoms. The van der Waals surface area contributed by atoms with Crippen LogP contribution in [0.5, 0.6) is 0 Å². The molecule has 0 heterocycles. The van der Waals surface area contributed by atoms with Crippen molar-refractivity contribution < 1.29 is 9.59 Å². The maximum Gasteiger partial charge on any atom is 0.194 e. The summed E-state index contributed by atoms with van der Waals surface area (Å²) in [5.74, 6) is -0.0929. The third-order valence-electron chi connectivity index (χ3n) is 3.37. The summed E-state index contributed by atoms with van der Waals surface area (Å²) in [4.78, 5) is 24.8. The SMILES string of the molecule is Cc1cc(C)c2c(c1)C(=O)c1ccccc1C2=O. The van der Waals surface area contributed by atoms with Crippen molar-refractivity contribution in [2.24, 2.45) is 0 Å². The summed E-state index contributed by atoms with van der Waals surface area (Å²) in [7, 11) is 0. The lowest BCUT2D eigenvalue weighted by Gasteiger charge is -2.19. The molecule has 88 valence electrons. The van der Waals surface area contributed by atoms with Crippen molar-refractivity contribution in [3.05, 3.63) is 69.8 Å². The number of hydrogen-bond acceptors (Lipinski definition) is 2. The molecule has 2 aromatic rings. The number of benzene rings is 2. The van der Waals surface area contributed by atoms with Crippen LogP contribution in [-0.2, 0) is 0 Å². The molecule has 0 aliphatic heterocycles. The van der Waals surface area contributed by atoms with Gasteiger partial charge in [-0.2, -0.15) is 0 Å². The van der Waals surface area contributed by atoms with Gasteiger partial charge in [-0.1, -0.05) is 35.9 Å². The first-order chi connectivity index (χ1) is 8.59. The van der Waals surface area contributed by atoms with E-state index in [2.05, 4.69) is 0 Å². The molecule has 18 heavy (non-hydrogen) atoms. The van der Waals surface area contributed by atoms with Gasteiger partial charge in [0.05, 0.1) is 0 Å². The van der Waals surface area contributed by atoms with E-state index in [1.165, 1.54) is 0 Å². The topological polar surface area (TPSA) is 34.1 Å². The fraction of sp³-hybridized carbons (Fsp3) is 0.125. The Balaban J connectivity index is 2.37. The third-order valence-corrected chi connectivity index (χ3v) is 3.37. The fourth-order valence-corrected chi connectivity index (χ4v) is 2.61. The van der Waals surface area contributed by atoms with Crippen LogP contribution in [-0.4, -0.2) is 11.6 Å². The lowest BCUT2D eigenvalue weighted by molar-refractivity contribution is 0.0978. The number of aryl methyl sites for hydroxylation is 2. The zero-order valence-electron chi connectivity index (χ0n) is 10.3. The summed E-state index contributed by atoms with van der Waals surface area (Å²) in [5.41, 5.74) is 4.01. The summed E-state index contributed by atoms with van der Waals surface area (Å²) in [5, 5.41) is 0. The van der Waals surface area contributed by atoms with Crippen molar-refractivity contribution in [2.75, 3.05) is 0 Å². The minimum Gasteiger partial charge on any atom is -0.289 e. The Morgan fingerprint density at radius 3 is 2.06 bits per heavy atom. The highest BCUT2D eigenvalue weighted by Crippen LogP contribution is 2.29. The maximum absolute atomic E-state index is 12.4. The summed E-state index contributed by atoms with van der Waals surface area (Å²) in [6, 6.07) is 10.8. The van der Waals surface area contributed by atoms with Gasteiger partial charge in [0, 0.05) is 22.3 Å². The highest BCUT2D eigenvalue weighted by molar-refractivity contribution is 6.28. The van der Waals surface area contributed by atoms with E-state index >= 15 is 0 Å². The molecule has 0 bridgehead atoms. The number of ketones is 2. The maximum atomic E-state index is 12.4. The monoisotopic (exact) mass is 236 g/mol. The van der Waals surface area contributed by atoms with Crippen molar-refractivity contribution in [3.8, 4) is 0 Å². The summed E-state index contributed by atoms with van der Waals surface area (Å²) >= 11 is 0. The van der Waals surface area contributed by atoms with Gasteiger partial charge in [0.25, 0.3) is 0 Å². The van der Waals surface area contributed by atoms with Crippen LogP contribution in [0.25, 0.3) is 0 Å². The van der Waals surface area contributed by atoms with Crippen LogP contribution in [0.3, 0.4) is 0 Å². The molecule has 0 radical (unpaired) electrons. The van der Waals surface area contributed by atoms with Gasteiger partial charge in [-0.15, -0.1) is 0 Å². The third kappa shape index (κ3) is 1.35. The van der Waals surface area contributed by atoms with E-state index in [1.54, 1.807) is 30.3 Å². The highest BCUT2D eigenvalue weighted by Gasteiger charge is 2.30. The van der Waals surface area contributed by atoms with Crippen molar-refractivity contribution in [3.63, 3.8) is 0 Å². The molecule has 1 aliphatic carbocycles. The standard InChI is InChI=1S/C16H12O2/c1-9-7-10(2)14-13(8-9)15(17)11-5-3-4-6-12(11)16(14)18/h3-8H,1-2H3. The molecular weight excluding hydrogens is 224 g/mol. The van der Waals surface area contributed by atoms with Crippen LogP contribution in [0.1, 0.15) is 43.0 Å². The lowest BCUT2D eigenvalue weighted by Crippen LogP contribution is -2.22. The number of rotatable bonds is 0. The first kappa shape index (κ1) is 10.9. The van der Waals surface area contributed by atoms with Crippen molar-refractivity contribution in [2.45, 2.75) is 13.8 Å². The van der Waals surface area contributed by atoms with Crippen molar-refractivity contribution in [1.82, 2.24) is 0 Å². The molecule has 0 saturated heterocycles. The lowest BCUT2D eigenvalue weighted by atomic mass is 9.81. The molecule has 0 saturated carbocycles. The molecule has 3 rings (SSSR count). The predicted molar refractivity (Wildman–Crippen MR) is 69.2 cm³/mol. The summed E-state index contributed by atoms with van der Waals surface area (Å²) < 4.78 is 0. The Kier molecular flexibility index (Phi) is 2.20. The quantitative estimate of drug-likeness (QED) is 0.601. The Morgan fingerprint density at radius 2 is 1.39 bits per heavy atom. The second-order valence-corrected chi connectivity index (χ2v) is 4.71. The van der Waals surface area contributed by atoms with Crippen LogP contribution < -0.4 is 0 Å². The second kappa shape index (κ2) is 3.64.